The van der Waals surface area contributed by atoms with Crippen LogP contribution in [-0.2, 0) is 5.75 Å². The molecule has 0 aromatic carbocycles. The second kappa shape index (κ2) is 6.45. The first-order valence-corrected chi connectivity index (χ1v) is 7.93. The quantitative estimate of drug-likeness (QED) is 0.722. The Bertz CT molecular complexity index is 943. The molecule has 0 aliphatic carbocycles. The number of hydrogen-bond acceptors (Lipinski definition) is 6. The van der Waals surface area contributed by atoms with Crippen LogP contribution in [0.15, 0.2) is 23.5 Å². The van der Waals surface area contributed by atoms with Crippen molar-refractivity contribution in [2.45, 2.75) is 24.8 Å². The number of thioether (sulfide) groups is 1. The van der Waals surface area contributed by atoms with Crippen molar-refractivity contribution >= 4 is 22.9 Å². The molecule has 3 rings (SSSR count). The molecule has 3 aromatic rings. The molecule has 1 N–H and O–H groups in total. The smallest absolute Gasteiger partial charge is 0.215 e. The third-order valence-electron chi connectivity index (χ3n) is 3.50. The lowest BCUT2D eigenvalue weighted by molar-refractivity contribution is 0.399. The number of ether oxygens (including phenoxy) is 2. The molecule has 6 nitrogen and oxygen atoms in total. The topological polar surface area (TPSA) is 72.9 Å². The predicted octanol–water partition coefficient (Wildman–Crippen LogP) is 3.28. The molecule has 23 heavy (non-hydrogen) atoms. The van der Waals surface area contributed by atoms with Gasteiger partial charge in [0.05, 0.1) is 29.5 Å². The van der Waals surface area contributed by atoms with E-state index < -0.39 is 7.04 Å². The first kappa shape index (κ1) is 12.2. The van der Waals surface area contributed by atoms with Gasteiger partial charge in [0.15, 0.2) is 10.8 Å². The maximum atomic E-state index is 7.32. The van der Waals surface area contributed by atoms with Crippen LogP contribution in [0.2, 0.25) is 0 Å². The second-order valence-corrected chi connectivity index (χ2v) is 5.96. The number of aromatic amines is 1. The number of pyridine rings is 2. The molecule has 3 aromatic heterocycles. The summed E-state index contributed by atoms with van der Waals surface area (Å²) in [5.41, 5.74) is 3.53. The van der Waals surface area contributed by atoms with E-state index in [1.807, 2.05) is 13.0 Å². The number of imidazole rings is 1. The van der Waals surface area contributed by atoms with Crippen molar-refractivity contribution in [3.8, 4) is 11.6 Å². The van der Waals surface area contributed by atoms with Crippen LogP contribution in [0.1, 0.15) is 20.9 Å². The first-order valence-electron chi connectivity index (χ1n) is 8.44. The van der Waals surface area contributed by atoms with Gasteiger partial charge in [0.1, 0.15) is 5.75 Å². The van der Waals surface area contributed by atoms with Crippen molar-refractivity contribution in [2.24, 2.45) is 0 Å². The largest absolute Gasteiger partial charge is 0.496 e. The van der Waals surface area contributed by atoms with Crippen molar-refractivity contribution in [3.05, 3.63) is 35.2 Å². The molecule has 0 fully saturated rings. The maximum absolute atomic E-state index is 7.32. The average molecular weight is 333 g/mol. The molecule has 120 valence electrons. The lowest BCUT2D eigenvalue weighted by Gasteiger charge is -2.11. The van der Waals surface area contributed by atoms with Crippen LogP contribution < -0.4 is 9.47 Å². The molecule has 3 heterocycles. The Hall–Kier alpha value is -2.28. The van der Waals surface area contributed by atoms with Gasteiger partial charge in [-0.25, -0.2) is 4.98 Å². The van der Waals surface area contributed by atoms with Crippen LogP contribution in [-0.4, -0.2) is 34.1 Å². The van der Waals surface area contributed by atoms with Crippen LogP contribution in [0.4, 0.5) is 0 Å². The number of nitrogens with one attached hydrogen (secondary N) is 1. The van der Waals surface area contributed by atoms with E-state index >= 15 is 0 Å². The molecule has 0 radical (unpaired) electrons. The van der Waals surface area contributed by atoms with Gasteiger partial charge in [0.25, 0.3) is 0 Å². The summed E-state index contributed by atoms with van der Waals surface area (Å²) >= 11 is 1.45. The Kier molecular flexibility index (Phi) is 3.42. The highest BCUT2D eigenvalue weighted by Gasteiger charge is 2.11. The molecule has 0 saturated heterocycles. The minimum atomic E-state index is -2.50. The van der Waals surface area contributed by atoms with E-state index in [-0.39, 0.29) is 0 Å². The zero-order chi connectivity index (χ0) is 18.9. The van der Waals surface area contributed by atoms with E-state index in [2.05, 4.69) is 19.9 Å². The number of aromatic nitrogens is 4. The van der Waals surface area contributed by atoms with Gasteiger partial charge in [0.2, 0.25) is 5.88 Å². The number of nitrogens with zero attached hydrogens (tertiary/aromatic N) is 3. The number of H-pyrrole nitrogens is 1. The van der Waals surface area contributed by atoms with Crippen LogP contribution >= 0.6 is 11.8 Å². The van der Waals surface area contributed by atoms with Crippen molar-refractivity contribution in [1.82, 2.24) is 19.9 Å². The van der Waals surface area contributed by atoms with Gasteiger partial charge in [-0.1, -0.05) is 11.8 Å². The fourth-order valence-corrected chi connectivity index (χ4v) is 3.13. The molecule has 7 heteroatoms. The zero-order valence-corrected chi connectivity index (χ0v) is 13.8. The van der Waals surface area contributed by atoms with Crippen molar-refractivity contribution < 1.29 is 13.6 Å². The van der Waals surface area contributed by atoms with Gasteiger partial charge in [-0.05, 0) is 19.9 Å². The molecule has 0 atom stereocenters. The summed E-state index contributed by atoms with van der Waals surface area (Å²) in [5, 5.41) is 0.695. The van der Waals surface area contributed by atoms with Gasteiger partial charge in [0, 0.05) is 29.1 Å². The van der Waals surface area contributed by atoms with E-state index in [9.17, 15) is 0 Å². The molecule has 0 unspecified atom stereocenters. The summed E-state index contributed by atoms with van der Waals surface area (Å²) < 4.78 is 32.2. The Labute approximate surface area is 142 Å². The number of fused-ring (bicyclic) bond motifs is 1. The molecule has 0 spiro atoms. The Morgan fingerprint density at radius 2 is 2.13 bits per heavy atom. The Morgan fingerprint density at radius 3 is 2.91 bits per heavy atom. The highest BCUT2D eigenvalue weighted by atomic mass is 32.2. The van der Waals surface area contributed by atoms with E-state index in [1.54, 1.807) is 26.3 Å². The average Bonchev–Trinajstić information content (AvgIpc) is 2.98. The van der Waals surface area contributed by atoms with E-state index in [0.29, 0.717) is 39.3 Å². The van der Waals surface area contributed by atoms with Crippen molar-refractivity contribution in [2.75, 3.05) is 14.1 Å². The lowest BCUT2D eigenvalue weighted by atomic mass is 10.1. The van der Waals surface area contributed by atoms with Crippen molar-refractivity contribution in [1.29, 1.82) is 0 Å². The fraction of sp³-hybridized carbons (Fsp3) is 0.312. The highest BCUT2D eigenvalue weighted by molar-refractivity contribution is 7.98. The minimum Gasteiger partial charge on any atom is -0.496 e. The van der Waals surface area contributed by atoms with Gasteiger partial charge in [-0.2, -0.15) is 4.98 Å². The standard InChI is InChI=1S/C16H18N4O2S/c1-9-7-17-12(10(2)14(9)22-4)8-23-16-18-11-5-6-13(21-3)19-15(11)20-16/h5-7H,8H2,1-4H3,(H,18,19,20)/i4D3. The summed E-state index contributed by atoms with van der Waals surface area (Å²) in [6.45, 7) is 3.58. The van der Waals surface area contributed by atoms with E-state index in [4.69, 9.17) is 13.6 Å². The molecule has 0 aliphatic heterocycles. The maximum Gasteiger partial charge on any atom is 0.215 e. The number of hydrogen-bond donors (Lipinski definition) is 1. The third kappa shape index (κ3) is 3.10. The minimum absolute atomic E-state index is 0.353. The summed E-state index contributed by atoms with van der Waals surface area (Å²) in [5.74, 6) is 1.37. The lowest BCUT2D eigenvalue weighted by Crippen LogP contribution is -1.98. The normalized spacial score (nSPS) is 13.4. The van der Waals surface area contributed by atoms with Crippen LogP contribution in [0, 0.1) is 13.8 Å². The SMILES string of the molecule is [2H]C([2H])([2H])Oc1c(C)cnc(CSc2nc3nc(OC)ccc3[nH]2)c1C. The summed E-state index contributed by atoms with van der Waals surface area (Å²) in [7, 11) is -0.939. The molecule has 0 bridgehead atoms. The summed E-state index contributed by atoms with van der Waals surface area (Å²) in [4.78, 5) is 16.3. The predicted molar refractivity (Wildman–Crippen MR) is 90.3 cm³/mol. The van der Waals surface area contributed by atoms with Gasteiger partial charge in [-0.15, -0.1) is 0 Å². The van der Waals surface area contributed by atoms with Gasteiger partial charge >= 0.3 is 0 Å². The Balaban J connectivity index is 1.80. The van der Waals surface area contributed by atoms with Crippen LogP contribution in [0.3, 0.4) is 0 Å². The molecular weight excluding hydrogens is 312 g/mol. The summed E-state index contributed by atoms with van der Waals surface area (Å²) in [6.07, 6.45) is 1.62. The van der Waals surface area contributed by atoms with Gasteiger partial charge in [-0.3, -0.25) is 4.98 Å². The van der Waals surface area contributed by atoms with Crippen LogP contribution in [0.25, 0.3) is 11.2 Å². The van der Waals surface area contributed by atoms with E-state index in [1.165, 1.54) is 11.8 Å². The Morgan fingerprint density at radius 1 is 1.26 bits per heavy atom. The summed E-state index contributed by atoms with van der Waals surface area (Å²) in [6, 6.07) is 3.62. The van der Waals surface area contributed by atoms with E-state index in [0.717, 1.165) is 11.2 Å². The molecule has 0 amide bonds. The first-order chi connectivity index (χ1) is 12.3. The zero-order valence-electron chi connectivity index (χ0n) is 16.0. The number of rotatable bonds is 5. The molecule has 0 aliphatic rings. The molecule has 0 saturated carbocycles. The number of methoxy groups -OCH3 is 2. The van der Waals surface area contributed by atoms with Crippen molar-refractivity contribution in [3.63, 3.8) is 0 Å². The van der Waals surface area contributed by atoms with Gasteiger partial charge < -0.3 is 14.5 Å². The monoisotopic (exact) mass is 333 g/mol. The number of aryl methyl sites for hydroxylation is 1. The highest BCUT2D eigenvalue weighted by Crippen LogP contribution is 2.29. The fourth-order valence-electron chi connectivity index (χ4n) is 2.23. The second-order valence-electron chi connectivity index (χ2n) is 5.00. The molecular formula is C16H18N4O2S. The van der Waals surface area contributed by atoms with Crippen LogP contribution in [0.5, 0.6) is 11.6 Å². The third-order valence-corrected chi connectivity index (χ3v) is 4.39.